The third kappa shape index (κ3) is 3.81. The van der Waals surface area contributed by atoms with Crippen molar-refractivity contribution in [3.05, 3.63) is 23.8 Å². The van der Waals surface area contributed by atoms with E-state index in [9.17, 15) is 26.4 Å². The summed E-state index contributed by atoms with van der Waals surface area (Å²) in [5, 5.41) is 8.93. The van der Waals surface area contributed by atoms with E-state index in [1.54, 1.807) is 0 Å². The highest BCUT2D eigenvalue weighted by Crippen LogP contribution is 2.35. The molecule has 0 amide bonds. The molecule has 6 nitrogen and oxygen atoms in total. The molecule has 0 aliphatic carbocycles. The molecule has 1 heterocycles. The highest BCUT2D eigenvalue weighted by Gasteiger charge is 2.36. The Balaban J connectivity index is 2.34. The first-order chi connectivity index (χ1) is 11.1. The van der Waals surface area contributed by atoms with Gasteiger partial charge in [0.25, 0.3) is 0 Å². The van der Waals surface area contributed by atoms with Crippen LogP contribution in [0.1, 0.15) is 18.4 Å². The molecule has 1 aromatic rings. The number of carboxylic acids is 1. The van der Waals surface area contributed by atoms with Gasteiger partial charge in [0, 0.05) is 19.2 Å². The lowest BCUT2D eigenvalue weighted by Gasteiger charge is -2.29. The van der Waals surface area contributed by atoms with Crippen molar-refractivity contribution in [1.29, 1.82) is 0 Å². The molecule has 1 N–H and O–H groups in total. The quantitative estimate of drug-likeness (QED) is 0.882. The molecule has 10 heteroatoms. The minimum absolute atomic E-state index is 0.0577. The van der Waals surface area contributed by atoms with Gasteiger partial charge in [0.1, 0.15) is 5.75 Å². The number of hydrogen-bond acceptors (Lipinski definition) is 4. The van der Waals surface area contributed by atoms with Gasteiger partial charge in [0.15, 0.2) is 0 Å². The van der Waals surface area contributed by atoms with Crippen LogP contribution in [0.5, 0.6) is 5.75 Å². The first kappa shape index (κ1) is 18.5. The molecule has 0 radical (unpaired) electrons. The Labute approximate surface area is 136 Å². The summed E-state index contributed by atoms with van der Waals surface area (Å²) >= 11 is 0. The smallest absolute Gasteiger partial charge is 0.416 e. The average Bonchev–Trinajstić information content (AvgIpc) is 2.53. The Morgan fingerprint density at radius 3 is 2.29 bits per heavy atom. The average molecular weight is 367 g/mol. The van der Waals surface area contributed by atoms with Gasteiger partial charge in [-0.1, -0.05) is 0 Å². The first-order valence-electron chi connectivity index (χ1n) is 7.05. The molecule has 134 valence electrons. The molecule has 24 heavy (non-hydrogen) atoms. The second kappa shape index (κ2) is 6.60. The van der Waals surface area contributed by atoms with E-state index in [0.29, 0.717) is 6.07 Å². The number of rotatable bonds is 4. The molecule has 2 rings (SSSR count). The van der Waals surface area contributed by atoms with Gasteiger partial charge in [0.05, 0.1) is 23.5 Å². The van der Waals surface area contributed by atoms with Crippen LogP contribution in [-0.2, 0) is 21.0 Å². The van der Waals surface area contributed by atoms with Crippen LogP contribution in [0.2, 0.25) is 0 Å². The fourth-order valence-corrected chi connectivity index (χ4v) is 4.03. The number of hydrogen-bond donors (Lipinski definition) is 1. The predicted octanol–water partition coefficient (Wildman–Crippen LogP) is 2.20. The van der Waals surface area contributed by atoms with E-state index in [2.05, 4.69) is 0 Å². The van der Waals surface area contributed by atoms with E-state index in [1.165, 1.54) is 0 Å². The molecular weight excluding hydrogens is 351 g/mol. The second-order valence-corrected chi connectivity index (χ2v) is 7.35. The lowest BCUT2D eigenvalue weighted by atomic mass is 9.99. The maximum Gasteiger partial charge on any atom is 0.416 e. The molecule has 1 aliphatic rings. The van der Waals surface area contributed by atoms with Crippen molar-refractivity contribution in [3.8, 4) is 5.75 Å². The number of piperidine rings is 1. The Bertz CT molecular complexity index is 724. The van der Waals surface area contributed by atoms with Crippen molar-refractivity contribution in [2.24, 2.45) is 5.92 Å². The second-order valence-electron chi connectivity index (χ2n) is 5.41. The van der Waals surface area contributed by atoms with Crippen molar-refractivity contribution in [2.45, 2.75) is 23.9 Å². The highest BCUT2D eigenvalue weighted by atomic mass is 32.2. The molecule has 0 spiro atoms. The predicted molar refractivity (Wildman–Crippen MR) is 77.1 cm³/mol. The highest BCUT2D eigenvalue weighted by molar-refractivity contribution is 7.89. The molecule has 0 unspecified atom stereocenters. The Hall–Kier alpha value is -1.81. The number of methoxy groups -OCH3 is 1. The van der Waals surface area contributed by atoms with Gasteiger partial charge in [-0.3, -0.25) is 4.79 Å². The molecule has 1 aliphatic heterocycles. The topological polar surface area (TPSA) is 83.9 Å². The van der Waals surface area contributed by atoms with E-state index in [4.69, 9.17) is 9.84 Å². The van der Waals surface area contributed by atoms with E-state index in [-0.39, 0.29) is 31.7 Å². The van der Waals surface area contributed by atoms with E-state index < -0.39 is 38.5 Å². The maximum atomic E-state index is 12.9. The first-order valence-corrected chi connectivity index (χ1v) is 8.49. The molecule has 1 saturated heterocycles. The SMILES string of the molecule is COc1cc(C(F)(F)F)cc(S(=O)(=O)N2CCC(C(=O)O)CC2)c1. The number of carboxylic acid groups (broad SMARTS) is 1. The Kier molecular flexibility index (Phi) is 5.09. The van der Waals surface area contributed by atoms with Crippen LogP contribution in [0.15, 0.2) is 23.1 Å². The summed E-state index contributed by atoms with van der Waals surface area (Å²) in [6, 6.07) is 2.30. The number of aliphatic carboxylic acids is 1. The van der Waals surface area contributed by atoms with E-state index in [0.717, 1.165) is 23.5 Å². The third-order valence-corrected chi connectivity index (χ3v) is 5.76. The zero-order chi connectivity index (χ0) is 18.1. The Morgan fingerprint density at radius 1 is 1.25 bits per heavy atom. The summed E-state index contributed by atoms with van der Waals surface area (Å²) in [4.78, 5) is 10.4. The minimum atomic E-state index is -4.71. The summed E-state index contributed by atoms with van der Waals surface area (Å²) in [6.07, 6.45) is -4.48. The molecule has 0 atom stereocenters. The number of nitrogens with zero attached hydrogens (tertiary/aromatic N) is 1. The summed E-state index contributed by atoms with van der Waals surface area (Å²) in [7, 11) is -3.02. The standard InChI is InChI=1S/C14H16F3NO5S/c1-23-11-6-10(14(15,16)17)7-12(8-11)24(21,22)18-4-2-9(3-5-18)13(19)20/h6-9H,2-5H2,1H3,(H,19,20). The van der Waals surface area contributed by atoms with Crippen LogP contribution in [0.4, 0.5) is 13.2 Å². The Morgan fingerprint density at radius 2 is 1.83 bits per heavy atom. The summed E-state index contributed by atoms with van der Waals surface area (Å²) < 4.78 is 69.7. The van der Waals surface area contributed by atoms with Gasteiger partial charge in [-0.15, -0.1) is 0 Å². The van der Waals surface area contributed by atoms with Crippen molar-refractivity contribution in [1.82, 2.24) is 4.31 Å². The summed E-state index contributed by atoms with van der Waals surface area (Å²) in [5.41, 5.74) is -1.12. The fourth-order valence-electron chi connectivity index (χ4n) is 2.49. The van der Waals surface area contributed by atoms with Gasteiger partial charge >= 0.3 is 12.1 Å². The van der Waals surface area contributed by atoms with Crippen molar-refractivity contribution < 1.29 is 36.2 Å². The molecule has 1 aromatic carbocycles. The number of halogens is 3. The number of carbonyl (C=O) groups is 1. The van der Waals surface area contributed by atoms with Gasteiger partial charge < -0.3 is 9.84 Å². The third-order valence-electron chi connectivity index (χ3n) is 3.88. The van der Waals surface area contributed by atoms with E-state index >= 15 is 0 Å². The summed E-state index contributed by atoms with van der Waals surface area (Å²) in [5.74, 6) is -1.87. The number of alkyl halides is 3. The number of sulfonamides is 1. The molecule has 0 aromatic heterocycles. The lowest BCUT2D eigenvalue weighted by Crippen LogP contribution is -2.40. The fraction of sp³-hybridized carbons (Fsp3) is 0.500. The largest absolute Gasteiger partial charge is 0.497 e. The van der Waals surface area contributed by atoms with Crippen molar-refractivity contribution in [2.75, 3.05) is 20.2 Å². The lowest BCUT2D eigenvalue weighted by molar-refractivity contribution is -0.143. The van der Waals surface area contributed by atoms with Crippen LogP contribution in [0, 0.1) is 5.92 Å². The van der Waals surface area contributed by atoms with Crippen LogP contribution < -0.4 is 4.74 Å². The summed E-state index contributed by atoms with van der Waals surface area (Å²) in [6.45, 7) is -0.115. The van der Waals surface area contributed by atoms with Gasteiger partial charge in [-0.25, -0.2) is 8.42 Å². The van der Waals surface area contributed by atoms with Crippen molar-refractivity contribution >= 4 is 16.0 Å². The number of ether oxygens (including phenoxy) is 1. The molecular formula is C14H16F3NO5S. The van der Waals surface area contributed by atoms with Crippen LogP contribution in [0.3, 0.4) is 0 Å². The van der Waals surface area contributed by atoms with E-state index in [1.807, 2.05) is 0 Å². The van der Waals surface area contributed by atoms with Crippen LogP contribution in [0.25, 0.3) is 0 Å². The monoisotopic (exact) mass is 367 g/mol. The molecule has 1 fully saturated rings. The molecule has 0 saturated carbocycles. The van der Waals surface area contributed by atoms with Gasteiger partial charge in [0.2, 0.25) is 10.0 Å². The van der Waals surface area contributed by atoms with Gasteiger partial charge in [-0.2, -0.15) is 17.5 Å². The normalized spacial score (nSPS) is 17.7. The maximum absolute atomic E-state index is 12.9. The van der Waals surface area contributed by atoms with Gasteiger partial charge in [-0.05, 0) is 25.0 Å². The molecule has 0 bridgehead atoms. The van der Waals surface area contributed by atoms with Crippen LogP contribution >= 0.6 is 0 Å². The zero-order valence-corrected chi connectivity index (χ0v) is 13.5. The number of benzene rings is 1. The minimum Gasteiger partial charge on any atom is -0.497 e. The zero-order valence-electron chi connectivity index (χ0n) is 12.7. The van der Waals surface area contributed by atoms with Crippen LogP contribution in [-0.4, -0.2) is 44.0 Å². The van der Waals surface area contributed by atoms with Crippen molar-refractivity contribution in [3.63, 3.8) is 0 Å².